The lowest BCUT2D eigenvalue weighted by Gasteiger charge is -2.27. The predicted octanol–water partition coefficient (Wildman–Crippen LogP) is 4.01. The summed E-state index contributed by atoms with van der Waals surface area (Å²) in [6.07, 6.45) is 1.68. The summed E-state index contributed by atoms with van der Waals surface area (Å²) in [5.74, 6) is 2.04. The zero-order chi connectivity index (χ0) is 23.8. The van der Waals surface area contributed by atoms with Crippen molar-refractivity contribution in [2.24, 2.45) is 0 Å². The van der Waals surface area contributed by atoms with Gasteiger partial charge in [-0.3, -0.25) is 4.79 Å². The SMILES string of the molecule is Cc1nnc([C@H]2CCCN2C(=O)Nc2ccc3c(c2)N(C)C(=O)CO3)n1Cc1ccc(Cl)cc1. The number of carbonyl (C=O) groups excluding carboxylic acids is 2. The molecule has 1 aromatic heterocycles. The van der Waals surface area contributed by atoms with Gasteiger partial charge in [0.2, 0.25) is 0 Å². The highest BCUT2D eigenvalue weighted by Crippen LogP contribution is 2.35. The second kappa shape index (κ2) is 8.98. The minimum Gasteiger partial charge on any atom is -0.482 e. The monoisotopic (exact) mass is 480 g/mol. The molecule has 0 unspecified atom stereocenters. The molecule has 176 valence electrons. The van der Waals surface area contributed by atoms with E-state index < -0.39 is 0 Å². The van der Waals surface area contributed by atoms with Gasteiger partial charge in [-0.15, -0.1) is 10.2 Å². The van der Waals surface area contributed by atoms with Crippen LogP contribution in [0, 0.1) is 6.92 Å². The predicted molar refractivity (Wildman–Crippen MR) is 128 cm³/mol. The van der Waals surface area contributed by atoms with E-state index in [1.807, 2.05) is 31.2 Å². The van der Waals surface area contributed by atoms with Crippen molar-refractivity contribution in [3.8, 4) is 5.75 Å². The Morgan fingerprint density at radius 2 is 2.00 bits per heavy atom. The number of aryl methyl sites for hydroxylation is 1. The van der Waals surface area contributed by atoms with Crippen molar-refractivity contribution in [3.63, 3.8) is 0 Å². The van der Waals surface area contributed by atoms with E-state index in [2.05, 4.69) is 20.1 Å². The molecule has 0 bridgehead atoms. The zero-order valence-corrected chi connectivity index (χ0v) is 19.7. The van der Waals surface area contributed by atoms with Crippen LogP contribution in [0.1, 0.15) is 36.1 Å². The molecule has 5 rings (SSSR count). The lowest BCUT2D eigenvalue weighted by Crippen LogP contribution is -2.36. The third kappa shape index (κ3) is 4.19. The Kier molecular flexibility index (Phi) is 5.87. The van der Waals surface area contributed by atoms with Crippen molar-refractivity contribution >= 4 is 34.9 Å². The average Bonchev–Trinajstić information content (AvgIpc) is 3.45. The molecule has 1 atom stereocenters. The molecule has 1 fully saturated rings. The van der Waals surface area contributed by atoms with Gasteiger partial charge >= 0.3 is 6.03 Å². The number of anilines is 2. The molecule has 3 heterocycles. The molecule has 1 N–H and O–H groups in total. The molecular formula is C24H25ClN6O3. The van der Waals surface area contributed by atoms with Crippen LogP contribution in [-0.2, 0) is 11.3 Å². The van der Waals surface area contributed by atoms with E-state index in [1.54, 1.807) is 30.1 Å². The molecule has 9 nitrogen and oxygen atoms in total. The van der Waals surface area contributed by atoms with E-state index in [4.69, 9.17) is 16.3 Å². The highest BCUT2D eigenvalue weighted by atomic mass is 35.5. The van der Waals surface area contributed by atoms with Crippen LogP contribution in [0.4, 0.5) is 16.2 Å². The Morgan fingerprint density at radius 1 is 1.21 bits per heavy atom. The number of rotatable bonds is 4. The van der Waals surface area contributed by atoms with Gasteiger partial charge in [0, 0.05) is 24.3 Å². The summed E-state index contributed by atoms with van der Waals surface area (Å²) in [5, 5.41) is 12.4. The van der Waals surface area contributed by atoms with Crippen molar-refractivity contribution in [1.82, 2.24) is 19.7 Å². The molecule has 34 heavy (non-hydrogen) atoms. The molecule has 0 saturated carbocycles. The van der Waals surface area contributed by atoms with Crippen molar-refractivity contribution in [2.75, 3.05) is 30.4 Å². The van der Waals surface area contributed by atoms with Crippen LogP contribution in [0.5, 0.6) is 5.75 Å². The largest absolute Gasteiger partial charge is 0.482 e. The molecule has 2 aliphatic heterocycles. The molecule has 3 amide bonds. The number of hydrogen-bond donors (Lipinski definition) is 1. The summed E-state index contributed by atoms with van der Waals surface area (Å²) in [6, 6.07) is 12.6. The number of likely N-dealkylation sites (N-methyl/N-ethyl adjacent to an activating group) is 1. The van der Waals surface area contributed by atoms with Crippen LogP contribution in [0.15, 0.2) is 42.5 Å². The molecule has 1 saturated heterocycles. The number of nitrogens with zero attached hydrogens (tertiary/aromatic N) is 5. The second-order valence-corrected chi connectivity index (χ2v) is 8.96. The lowest BCUT2D eigenvalue weighted by molar-refractivity contribution is -0.120. The number of hydrogen-bond acceptors (Lipinski definition) is 5. The molecule has 0 spiro atoms. The van der Waals surface area contributed by atoms with Gasteiger partial charge in [0.05, 0.1) is 18.3 Å². The number of halogens is 1. The second-order valence-electron chi connectivity index (χ2n) is 8.52. The highest BCUT2D eigenvalue weighted by Gasteiger charge is 2.34. The Bertz CT molecular complexity index is 1240. The van der Waals surface area contributed by atoms with Crippen molar-refractivity contribution < 1.29 is 14.3 Å². The first-order chi connectivity index (χ1) is 16.4. The fourth-order valence-corrected chi connectivity index (χ4v) is 4.56. The summed E-state index contributed by atoms with van der Waals surface area (Å²) < 4.78 is 7.52. The number of urea groups is 1. The molecule has 0 radical (unpaired) electrons. The smallest absolute Gasteiger partial charge is 0.322 e. The maximum atomic E-state index is 13.3. The summed E-state index contributed by atoms with van der Waals surface area (Å²) in [7, 11) is 1.70. The Morgan fingerprint density at radius 3 is 2.79 bits per heavy atom. The summed E-state index contributed by atoms with van der Waals surface area (Å²) in [5.41, 5.74) is 2.31. The number of aromatic nitrogens is 3. The van der Waals surface area contributed by atoms with E-state index in [9.17, 15) is 9.59 Å². The standard InChI is InChI=1S/C24H25ClN6O3/c1-15-27-28-23(31(15)13-16-5-7-17(25)8-6-16)19-4-3-11-30(19)24(33)26-18-9-10-21-20(12-18)29(2)22(32)14-34-21/h5-10,12,19H,3-4,11,13-14H2,1-2H3,(H,26,33)/t19-/m1/s1. The molecule has 10 heteroatoms. The van der Waals surface area contributed by atoms with E-state index in [0.717, 1.165) is 30.1 Å². The molecule has 2 aliphatic rings. The van der Waals surface area contributed by atoms with Crippen LogP contribution in [0.2, 0.25) is 5.02 Å². The average molecular weight is 481 g/mol. The van der Waals surface area contributed by atoms with Crippen LogP contribution < -0.4 is 15.0 Å². The zero-order valence-electron chi connectivity index (χ0n) is 19.0. The third-order valence-corrected chi connectivity index (χ3v) is 6.58. The number of likely N-dealkylation sites (tertiary alicyclic amines) is 1. The topological polar surface area (TPSA) is 92.6 Å². The Labute approximate surface area is 202 Å². The summed E-state index contributed by atoms with van der Waals surface area (Å²) in [6.45, 7) is 3.15. The molecular weight excluding hydrogens is 456 g/mol. The van der Waals surface area contributed by atoms with Gasteiger partial charge in [0.1, 0.15) is 11.6 Å². The summed E-state index contributed by atoms with van der Waals surface area (Å²) in [4.78, 5) is 28.6. The van der Waals surface area contributed by atoms with Crippen LogP contribution in [0.25, 0.3) is 0 Å². The fourth-order valence-electron chi connectivity index (χ4n) is 4.44. The first-order valence-corrected chi connectivity index (χ1v) is 11.5. The number of nitrogens with one attached hydrogen (secondary N) is 1. The van der Waals surface area contributed by atoms with E-state index in [1.165, 1.54) is 4.90 Å². The van der Waals surface area contributed by atoms with Crippen LogP contribution >= 0.6 is 11.6 Å². The Hall–Kier alpha value is -3.59. The van der Waals surface area contributed by atoms with Gasteiger partial charge in [-0.05, 0) is 55.7 Å². The minimum absolute atomic E-state index is 0.0147. The number of fused-ring (bicyclic) bond motifs is 1. The van der Waals surface area contributed by atoms with Gasteiger partial charge in [-0.2, -0.15) is 0 Å². The number of amides is 3. The highest BCUT2D eigenvalue weighted by molar-refractivity contribution is 6.30. The summed E-state index contributed by atoms with van der Waals surface area (Å²) >= 11 is 6.03. The van der Waals surface area contributed by atoms with Gasteiger partial charge < -0.3 is 24.4 Å². The normalized spacial score (nSPS) is 17.5. The minimum atomic E-state index is -0.216. The number of ether oxygens (including phenoxy) is 1. The maximum Gasteiger partial charge on any atom is 0.322 e. The van der Waals surface area contributed by atoms with Gasteiger partial charge in [0.15, 0.2) is 12.4 Å². The van der Waals surface area contributed by atoms with Gasteiger partial charge in [-0.1, -0.05) is 23.7 Å². The quantitative estimate of drug-likeness (QED) is 0.609. The first-order valence-electron chi connectivity index (χ1n) is 11.2. The van der Waals surface area contributed by atoms with E-state index in [-0.39, 0.29) is 24.6 Å². The van der Waals surface area contributed by atoms with Crippen molar-refractivity contribution in [2.45, 2.75) is 32.4 Å². The molecule has 3 aromatic rings. The molecule has 2 aromatic carbocycles. The van der Waals surface area contributed by atoms with Crippen molar-refractivity contribution in [1.29, 1.82) is 0 Å². The van der Waals surface area contributed by atoms with Gasteiger partial charge in [0.25, 0.3) is 5.91 Å². The number of benzene rings is 2. The van der Waals surface area contributed by atoms with E-state index in [0.29, 0.717) is 35.2 Å². The van der Waals surface area contributed by atoms with Crippen molar-refractivity contribution in [3.05, 3.63) is 64.7 Å². The van der Waals surface area contributed by atoms with E-state index >= 15 is 0 Å². The first kappa shape index (κ1) is 22.2. The van der Waals surface area contributed by atoms with Crippen LogP contribution in [0.3, 0.4) is 0 Å². The van der Waals surface area contributed by atoms with Gasteiger partial charge in [-0.25, -0.2) is 4.79 Å². The Balaban J connectivity index is 1.35. The lowest BCUT2D eigenvalue weighted by atomic mass is 10.2. The fraction of sp³-hybridized carbons (Fsp3) is 0.333. The maximum absolute atomic E-state index is 13.3. The third-order valence-electron chi connectivity index (χ3n) is 6.33. The van der Waals surface area contributed by atoms with Crippen LogP contribution in [-0.4, -0.2) is 51.8 Å². The molecule has 0 aliphatic carbocycles. The number of carbonyl (C=O) groups is 2.